The van der Waals surface area contributed by atoms with Gasteiger partial charge in [-0.15, -0.1) is 0 Å². The van der Waals surface area contributed by atoms with Gasteiger partial charge in [0, 0.05) is 16.5 Å². The maximum Gasteiger partial charge on any atom is 0.0859 e. The van der Waals surface area contributed by atoms with Gasteiger partial charge in [-0.1, -0.05) is 116 Å². The molecule has 1 aromatic heterocycles. The van der Waals surface area contributed by atoms with Crippen LogP contribution in [-0.2, 0) is 4.74 Å². The topological polar surface area (TPSA) is 50.2 Å². The second kappa shape index (κ2) is 14.9. The van der Waals surface area contributed by atoms with Crippen LogP contribution >= 0.6 is 0 Å². The number of benzene rings is 5. The molecule has 0 radical (unpaired) electrons. The second-order valence-electron chi connectivity index (χ2n) is 17.9. The van der Waals surface area contributed by atoms with Crippen molar-refractivity contribution in [1.82, 2.24) is 20.5 Å². The molecule has 2 saturated heterocycles. The standard InChI is InChI=1S/C51H56N4O/c1-4-12-35(13-5-1)49-52-50(36-14-6-2-7-15-36)54-51(53-49)39-25-28-43-42-27-24-38(31-47(42)56-48(43)32-39)34-22-20-33(21-23-34)37-26-29-46-44(30-37)41-18-10-11-19-45(41)55(46)40-16-8-3-9-17-40/h1,3-5,8-13,16-23,26,29-30,36,38-39,42-43,47-54H,2,6-7,14-15,24-25,27-28,31-32H2. The van der Waals surface area contributed by atoms with Crippen LogP contribution < -0.4 is 16.0 Å². The van der Waals surface area contributed by atoms with Gasteiger partial charge in [0.1, 0.15) is 0 Å². The Labute approximate surface area is 332 Å². The predicted molar refractivity (Wildman–Crippen MR) is 229 cm³/mol. The summed E-state index contributed by atoms with van der Waals surface area (Å²) in [5.41, 5.74) is 9.10. The van der Waals surface area contributed by atoms with Crippen molar-refractivity contribution >= 4 is 21.8 Å². The van der Waals surface area contributed by atoms with Crippen LogP contribution in [0.5, 0.6) is 0 Å². The fourth-order valence-corrected chi connectivity index (χ4v) is 12.0. The zero-order valence-corrected chi connectivity index (χ0v) is 32.5. The molecule has 3 heterocycles. The van der Waals surface area contributed by atoms with Gasteiger partial charge >= 0.3 is 0 Å². The smallest absolute Gasteiger partial charge is 0.0859 e. The molecular formula is C51H56N4O. The van der Waals surface area contributed by atoms with Crippen molar-refractivity contribution in [2.24, 2.45) is 23.7 Å². The zero-order valence-electron chi connectivity index (χ0n) is 32.5. The highest BCUT2D eigenvalue weighted by atomic mass is 16.5. The monoisotopic (exact) mass is 740 g/mol. The van der Waals surface area contributed by atoms with Crippen molar-refractivity contribution < 1.29 is 4.74 Å². The Balaban J connectivity index is 0.775. The van der Waals surface area contributed by atoms with Crippen LogP contribution in [0.4, 0.5) is 0 Å². The summed E-state index contributed by atoms with van der Waals surface area (Å²) < 4.78 is 9.52. The minimum Gasteiger partial charge on any atom is -0.374 e. The van der Waals surface area contributed by atoms with Crippen LogP contribution in [0.3, 0.4) is 0 Å². The van der Waals surface area contributed by atoms with Crippen LogP contribution in [-0.4, -0.2) is 29.1 Å². The van der Waals surface area contributed by atoms with E-state index in [4.69, 9.17) is 4.74 Å². The Hall–Kier alpha value is -4.26. The van der Waals surface area contributed by atoms with Crippen LogP contribution in [0.15, 0.2) is 127 Å². The van der Waals surface area contributed by atoms with Crippen molar-refractivity contribution in [2.75, 3.05) is 0 Å². The lowest BCUT2D eigenvalue weighted by Gasteiger charge is -2.47. The molecule has 0 bridgehead atoms. The average molecular weight is 741 g/mol. The summed E-state index contributed by atoms with van der Waals surface area (Å²) in [5, 5.41) is 14.8. The molecule has 9 unspecified atom stereocenters. The van der Waals surface area contributed by atoms with E-state index in [1.54, 1.807) is 0 Å². The van der Waals surface area contributed by atoms with Gasteiger partial charge in [0.05, 0.1) is 41.7 Å². The number of rotatable bonds is 6. The minimum absolute atomic E-state index is 0.190. The summed E-state index contributed by atoms with van der Waals surface area (Å²) in [4.78, 5) is 0. The molecular weight excluding hydrogens is 685 g/mol. The summed E-state index contributed by atoms with van der Waals surface area (Å²) in [6.07, 6.45) is 16.0. The first-order valence-corrected chi connectivity index (χ1v) is 21.9. The number of fused-ring (bicyclic) bond motifs is 6. The van der Waals surface area contributed by atoms with Crippen molar-refractivity contribution in [3.8, 4) is 16.8 Å². The molecule has 3 N–H and O–H groups in total. The zero-order chi connectivity index (χ0) is 37.0. The largest absolute Gasteiger partial charge is 0.374 e. The van der Waals surface area contributed by atoms with Gasteiger partial charge in [-0.2, -0.15) is 0 Å². The third-order valence-corrected chi connectivity index (χ3v) is 14.8. The predicted octanol–water partition coefficient (Wildman–Crippen LogP) is 11.2. The Bertz CT molecular complexity index is 2280. The SMILES string of the molecule is c1ccc(C2NC(C3CCCCC3)NC(C3CCC4C(C3)OC3CC(c5ccc(-c6ccc7c(c6)c6ccccc6n7-c6ccccc6)cc5)CCC34)N2)cc1. The first-order chi connectivity index (χ1) is 27.7. The lowest BCUT2D eigenvalue weighted by molar-refractivity contribution is -0.0191. The molecule has 2 aliphatic heterocycles. The number of para-hydroxylation sites is 2. The van der Waals surface area contributed by atoms with E-state index in [2.05, 4.69) is 148 Å². The highest BCUT2D eigenvalue weighted by molar-refractivity contribution is 6.10. The fraction of sp³-hybridized carbons (Fsp3) is 0.412. The van der Waals surface area contributed by atoms with Crippen molar-refractivity contribution in [3.63, 3.8) is 0 Å². The van der Waals surface area contributed by atoms with Gasteiger partial charge in [0.15, 0.2) is 0 Å². The fourth-order valence-electron chi connectivity index (χ4n) is 12.0. The Morgan fingerprint density at radius 3 is 1.95 bits per heavy atom. The van der Waals surface area contributed by atoms with Crippen molar-refractivity contribution in [2.45, 2.75) is 107 Å². The van der Waals surface area contributed by atoms with E-state index in [1.807, 2.05) is 0 Å². The summed E-state index contributed by atoms with van der Waals surface area (Å²) in [7, 11) is 0. The maximum absolute atomic E-state index is 7.13. The molecule has 11 rings (SSSR count). The van der Waals surface area contributed by atoms with E-state index in [9.17, 15) is 0 Å². The first-order valence-electron chi connectivity index (χ1n) is 21.9. The third-order valence-electron chi connectivity index (χ3n) is 14.8. The van der Waals surface area contributed by atoms with Gasteiger partial charge in [0.25, 0.3) is 0 Å². The van der Waals surface area contributed by atoms with Crippen LogP contribution in [0, 0.1) is 23.7 Å². The van der Waals surface area contributed by atoms with Crippen molar-refractivity contribution in [1.29, 1.82) is 0 Å². The van der Waals surface area contributed by atoms with E-state index >= 15 is 0 Å². The summed E-state index contributed by atoms with van der Waals surface area (Å²) >= 11 is 0. The molecule has 6 aromatic rings. The summed E-state index contributed by atoms with van der Waals surface area (Å²) in [5.74, 6) is 3.33. The molecule has 9 atom stereocenters. The number of ether oxygens (including phenoxy) is 1. The highest BCUT2D eigenvalue weighted by Crippen LogP contribution is 2.52. The molecule has 286 valence electrons. The van der Waals surface area contributed by atoms with Gasteiger partial charge in [-0.3, -0.25) is 16.0 Å². The molecule has 56 heavy (non-hydrogen) atoms. The molecule has 5 aliphatic rings. The Morgan fingerprint density at radius 1 is 0.482 bits per heavy atom. The number of aromatic nitrogens is 1. The van der Waals surface area contributed by atoms with Crippen LogP contribution in [0.1, 0.15) is 93.8 Å². The first kappa shape index (κ1) is 34.9. The van der Waals surface area contributed by atoms with Gasteiger partial charge in [0.2, 0.25) is 0 Å². The number of hydrogen-bond donors (Lipinski definition) is 3. The number of nitrogens with one attached hydrogen (secondary N) is 3. The number of hydrogen-bond acceptors (Lipinski definition) is 4. The van der Waals surface area contributed by atoms with Crippen molar-refractivity contribution in [3.05, 3.63) is 139 Å². The Morgan fingerprint density at radius 2 is 1.14 bits per heavy atom. The van der Waals surface area contributed by atoms with Crippen LogP contribution in [0.25, 0.3) is 38.6 Å². The van der Waals surface area contributed by atoms with E-state index < -0.39 is 0 Å². The second-order valence-corrected chi connectivity index (χ2v) is 17.9. The third kappa shape index (κ3) is 6.41. The van der Waals surface area contributed by atoms with E-state index in [0.29, 0.717) is 42.3 Å². The molecule has 0 spiro atoms. The molecule has 3 aliphatic carbocycles. The molecule has 3 saturated carbocycles. The van der Waals surface area contributed by atoms with Gasteiger partial charge in [-0.25, -0.2) is 0 Å². The average Bonchev–Trinajstić information content (AvgIpc) is 3.82. The molecule has 5 nitrogen and oxygen atoms in total. The van der Waals surface area contributed by atoms with E-state index in [1.165, 1.54) is 114 Å². The van der Waals surface area contributed by atoms with Gasteiger partial charge in [-0.05, 0) is 134 Å². The van der Waals surface area contributed by atoms with Gasteiger partial charge < -0.3 is 9.30 Å². The molecule has 5 aromatic carbocycles. The van der Waals surface area contributed by atoms with E-state index in [0.717, 1.165) is 18.3 Å². The Kier molecular flexibility index (Phi) is 9.31. The molecule has 5 fully saturated rings. The number of nitrogens with zero attached hydrogens (tertiary/aromatic N) is 1. The molecule has 5 heteroatoms. The normalized spacial score (nSPS) is 31.0. The summed E-state index contributed by atoms with van der Waals surface area (Å²) in [6.45, 7) is 0. The minimum atomic E-state index is 0.190. The van der Waals surface area contributed by atoms with E-state index in [-0.39, 0.29) is 6.17 Å². The maximum atomic E-state index is 7.13. The quantitative estimate of drug-likeness (QED) is 0.159. The summed E-state index contributed by atoms with van der Waals surface area (Å²) in [6, 6.07) is 47.1. The lowest BCUT2D eigenvalue weighted by atomic mass is 9.68. The highest BCUT2D eigenvalue weighted by Gasteiger charge is 2.50. The molecule has 0 amide bonds. The lowest BCUT2D eigenvalue weighted by Crippen LogP contribution is -2.67. The van der Waals surface area contributed by atoms with Crippen LogP contribution in [0.2, 0.25) is 0 Å².